The first-order valence-electron chi connectivity index (χ1n) is 24.8. The molecule has 6 unspecified atom stereocenters. The van der Waals surface area contributed by atoms with Crippen molar-refractivity contribution in [2.45, 2.75) is 249 Å². The third-order valence-electron chi connectivity index (χ3n) is 11.5. The van der Waals surface area contributed by atoms with Gasteiger partial charge in [0.05, 0.1) is 6.61 Å². The monoisotopic (exact) mass is 917 g/mol. The van der Waals surface area contributed by atoms with Gasteiger partial charge in [0.15, 0.2) is 6.10 Å². The van der Waals surface area contributed by atoms with Crippen LogP contribution in [0.25, 0.3) is 0 Å². The van der Waals surface area contributed by atoms with Crippen molar-refractivity contribution in [1.29, 1.82) is 0 Å². The van der Waals surface area contributed by atoms with Crippen molar-refractivity contribution in [2.75, 3.05) is 13.2 Å². The van der Waals surface area contributed by atoms with Crippen LogP contribution in [-0.2, 0) is 32.7 Å². The third-order valence-corrected chi connectivity index (χ3v) is 12.4. The van der Waals surface area contributed by atoms with Crippen LogP contribution in [0.15, 0.2) is 36.5 Å². The number of phosphoric ester groups is 1. The van der Waals surface area contributed by atoms with Crippen LogP contribution in [0.1, 0.15) is 206 Å². The van der Waals surface area contributed by atoms with E-state index in [0.29, 0.717) is 19.3 Å². The van der Waals surface area contributed by atoms with Crippen molar-refractivity contribution in [3.63, 3.8) is 0 Å². The first-order valence-corrected chi connectivity index (χ1v) is 26.3. The summed E-state index contributed by atoms with van der Waals surface area (Å²) < 4.78 is 33.5. The number of phosphoric acid groups is 1. The second-order valence-corrected chi connectivity index (χ2v) is 18.7. The predicted molar refractivity (Wildman–Crippen MR) is 249 cm³/mol. The molecule has 8 atom stereocenters. The molecule has 1 saturated carbocycles. The number of allylic oxidation sites excluding steroid dienone is 6. The van der Waals surface area contributed by atoms with Gasteiger partial charge in [0.25, 0.3) is 0 Å². The predicted octanol–water partition coefficient (Wildman–Crippen LogP) is 10.2. The lowest BCUT2D eigenvalue weighted by atomic mass is 9.85. The molecule has 6 N–H and O–H groups in total. The molecule has 0 spiro atoms. The van der Waals surface area contributed by atoms with Crippen LogP contribution in [0, 0.1) is 0 Å². The van der Waals surface area contributed by atoms with E-state index < -0.39 is 75.7 Å². The van der Waals surface area contributed by atoms with Gasteiger partial charge in [-0.05, 0) is 64.2 Å². The molecule has 0 radical (unpaired) electrons. The lowest BCUT2D eigenvalue weighted by Crippen LogP contribution is -2.64. The molecule has 0 heterocycles. The maximum absolute atomic E-state index is 12.8. The highest BCUT2D eigenvalue weighted by Crippen LogP contribution is 2.47. The zero-order chi connectivity index (χ0) is 46.4. The molecule has 14 heteroatoms. The Labute approximate surface area is 380 Å². The molecule has 0 aromatic heterocycles. The molecular weight excluding hydrogens is 827 g/mol. The molecule has 63 heavy (non-hydrogen) atoms. The van der Waals surface area contributed by atoms with E-state index in [4.69, 9.17) is 18.5 Å². The van der Waals surface area contributed by atoms with E-state index in [1.165, 1.54) is 116 Å². The highest BCUT2D eigenvalue weighted by atomic mass is 31.2. The third kappa shape index (κ3) is 31.6. The summed E-state index contributed by atoms with van der Waals surface area (Å²) in [5.41, 5.74) is 0. The van der Waals surface area contributed by atoms with Crippen molar-refractivity contribution in [3.8, 4) is 0 Å². The van der Waals surface area contributed by atoms with Gasteiger partial charge >= 0.3 is 19.8 Å². The number of carbonyl (C=O) groups is 2. The average molecular weight is 917 g/mol. The van der Waals surface area contributed by atoms with Crippen LogP contribution < -0.4 is 0 Å². The zero-order valence-corrected chi connectivity index (χ0v) is 40.0. The summed E-state index contributed by atoms with van der Waals surface area (Å²) in [6.45, 7) is 3.27. The quantitative estimate of drug-likeness (QED) is 0.0146. The fraction of sp³-hybridized carbons (Fsp3) is 0.837. The highest BCUT2D eigenvalue weighted by Gasteiger charge is 2.51. The Kier molecular flexibility index (Phi) is 36.8. The van der Waals surface area contributed by atoms with Crippen LogP contribution in [0.3, 0.4) is 0 Å². The van der Waals surface area contributed by atoms with Crippen LogP contribution in [0.2, 0.25) is 0 Å². The summed E-state index contributed by atoms with van der Waals surface area (Å²) in [5, 5.41) is 50.2. The first-order chi connectivity index (χ1) is 30.4. The van der Waals surface area contributed by atoms with Crippen molar-refractivity contribution in [1.82, 2.24) is 0 Å². The fourth-order valence-electron chi connectivity index (χ4n) is 7.44. The van der Waals surface area contributed by atoms with Gasteiger partial charge < -0.3 is 39.9 Å². The summed E-state index contributed by atoms with van der Waals surface area (Å²) in [6, 6.07) is 0. The number of aliphatic hydroxyl groups excluding tert-OH is 5. The molecule has 0 amide bonds. The minimum absolute atomic E-state index is 0.0328. The first kappa shape index (κ1) is 59.1. The second-order valence-electron chi connectivity index (χ2n) is 17.3. The molecule has 0 aromatic carbocycles. The minimum Gasteiger partial charge on any atom is -0.462 e. The Bertz CT molecular complexity index is 1240. The lowest BCUT2D eigenvalue weighted by molar-refractivity contribution is -0.220. The molecule has 1 rings (SSSR count). The summed E-state index contributed by atoms with van der Waals surface area (Å²) in [6.07, 6.45) is 32.0. The SMILES string of the molecule is CCCCCCCC/C=C/CCCCCCCCCC(=O)OC[C@@H](COP(=O)(O)OC1C(O)C(O)C(O)[C@H](O)C1O)OC(=O)CCC/C=C/C/C=C/CCCCCCCCCCC. The second kappa shape index (κ2) is 39.3. The van der Waals surface area contributed by atoms with Gasteiger partial charge in [-0.1, -0.05) is 166 Å². The molecule has 0 aromatic rings. The van der Waals surface area contributed by atoms with Crippen LogP contribution in [-0.4, -0.2) is 98.3 Å². The average Bonchev–Trinajstić information content (AvgIpc) is 3.26. The number of rotatable bonds is 41. The standard InChI is InChI=1S/C49H89O13P/c1-3-5-7-9-11-13-15-17-19-21-23-25-27-29-31-33-35-37-42(50)59-39-41(40-60-63(57,58)62-49-47(55)45(53)44(52)46(54)48(49)56)61-43(51)38-36-34-32-30-28-26-24-22-20-18-16-14-12-10-8-6-4-2/h17,19,24,26,30,32,41,44-49,52-56H,3-16,18,20-23,25,27-29,31,33-40H2,1-2H3,(H,57,58)/b19-17+,26-24+,32-30+/t41-,44?,45-,46?,47?,48?,49?/m0/s1. The number of ether oxygens (including phenoxy) is 2. The Morgan fingerprint density at radius 3 is 1.35 bits per heavy atom. The van der Waals surface area contributed by atoms with Crippen molar-refractivity contribution >= 4 is 19.8 Å². The van der Waals surface area contributed by atoms with Crippen molar-refractivity contribution in [3.05, 3.63) is 36.5 Å². The van der Waals surface area contributed by atoms with Gasteiger partial charge in [0.1, 0.15) is 43.2 Å². The van der Waals surface area contributed by atoms with Crippen LogP contribution >= 0.6 is 7.82 Å². The number of aliphatic hydroxyl groups is 5. The lowest BCUT2D eigenvalue weighted by Gasteiger charge is -2.41. The van der Waals surface area contributed by atoms with Gasteiger partial charge in [-0.2, -0.15) is 0 Å². The topological polar surface area (TPSA) is 210 Å². The Hall–Kier alpha value is -1.93. The van der Waals surface area contributed by atoms with Gasteiger partial charge in [-0.15, -0.1) is 0 Å². The van der Waals surface area contributed by atoms with Gasteiger partial charge in [-0.25, -0.2) is 4.57 Å². The molecule has 0 aliphatic heterocycles. The number of hydrogen-bond acceptors (Lipinski definition) is 12. The minimum atomic E-state index is -5.13. The van der Waals surface area contributed by atoms with E-state index in [9.17, 15) is 44.6 Å². The van der Waals surface area contributed by atoms with Crippen LogP contribution in [0.5, 0.6) is 0 Å². The van der Waals surface area contributed by atoms with Gasteiger partial charge in [0, 0.05) is 12.8 Å². The molecule has 1 aliphatic rings. The van der Waals surface area contributed by atoms with E-state index in [-0.39, 0.29) is 12.8 Å². The van der Waals surface area contributed by atoms with Crippen LogP contribution in [0.4, 0.5) is 0 Å². The molecule has 1 aliphatic carbocycles. The molecule has 0 bridgehead atoms. The molecule has 0 saturated heterocycles. The molecule has 368 valence electrons. The van der Waals surface area contributed by atoms with Gasteiger partial charge in [0.2, 0.25) is 0 Å². The number of esters is 2. The zero-order valence-electron chi connectivity index (χ0n) is 39.1. The number of unbranched alkanes of at least 4 members (excludes halogenated alkanes) is 23. The highest BCUT2D eigenvalue weighted by molar-refractivity contribution is 7.47. The van der Waals surface area contributed by atoms with E-state index in [1.54, 1.807) is 0 Å². The fourth-order valence-corrected chi connectivity index (χ4v) is 8.41. The molecular formula is C49H89O13P. The van der Waals surface area contributed by atoms with E-state index in [2.05, 4.69) is 38.2 Å². The summed E-state index contributed by atoms with van der Waals surface area (Å²) in [7, 11) is -5.13. The largest absolute Gasteiger partial charge is 0.472 e. The number of carbonyl (C=O) groups excluding carboxylic acids is 2. The van der Waals surface area contributed by atoms with E-state index >= 15 is 0 Å². The van der Waals surface area contributed by atoms with Gasteiger partial charge in [-0.3, -0.25) is 18.6 Å². The normalized spacial score (nSPS) is 22.0. The summed E-state index contributed by atoms with van der Waals surface area (Å²) in [5.74, 6) is -1.15. The Balaban J connectivity index is 2.46. The van der Waals surface area contributed by atoms with E-state index in [0.717, 1.165) is 44.9 Å². The number of hydrogen-bond donors (Lipinski definition) is 6. The maximum Gasteiger partial charge on any atom is 0.472 e. The summed E-state index contributed by atoms with van der Waals surface area (Å²) >= 11 is 0. The Morgan fingerprint density at radius 2 is 0.873 bits per heavy atom. The maximum atomic E-state index is 12.8. The smallest absolute Gasteiger partial charge is 0.462 e. The van der Waals surface area contributed by atoms with E-state index in [1.807, 2.05) is 12.2 Å². The summed E-state index contributed by atoms with van der Waals surface area (Å²) in [4.78, 5) is 35.7. The van der Waals surface area contributed by atoms with Crippen molar-refractivity contribution < 1.29 is 63.1 Å². The Morgan fingerprint density at radius 1 is 0.492 bits per heavy atom. The van der Waals surface area contributed by atoms with Crippen molar-refractivity contribution in [2.24, 2.45) is 0 Å². The molecule has 13 nitrogen and oxygen atoms in total. The molecule has 1 fully saturated rings.